The summed E-state index contributed by atoms with van der Waals surface area (Å²) in [7, 11) is 3.15. The normalized spacial score (nSPS) is 15.8. The van der Waals surface area contributed by atoms with Crippen molar-refractivity contribution >= 4 is 40.3 Å². The maximum atomic E-state index is 12.6. The van der Waals surface area contributed by atoms with Crippen molar-refractivity contribution in [2.75, 3.05) is 20.8 Å². The SMILES string of the molecule is C=CC(=C)CCN1C(=O)/C(=C/c2cccc(OC)c2OC)SC1=S. The fourth-order valence-corrected chi connectivity index (χ4v) is 3.52. The summed E-state index contributed by atoms with van der Waals surface area (Å²) in [6, 6.07) is 5.53. The van der Waals surface area contributed by atoms with Gasteiger partial charge in [-0.1, -0.05) is 60.9 Å². The standard InChI is InChI=1S/C18H19NO3S2/c1-5-12(2)9-10-19-17(20)15(24-18(19)23)11-13-7-6-8-14(21-3)16(13)22-4/h5-8,11H,1-2,9-10H2,3-4H3/b15-11-. The monoisotopic (exact) mass is 361 g/mol. The third-order valence-electron chi connectivity index (χ3n) is 3.54. The summed E-state index contributed by atoms with van der Waals surface area (Å²) in [4.78, 5) is 14.8. The molecule has 1 heterocycles. The number of benzene rings is 1. The van der Waals surface area contributed by atoms with E-state index < -0.39 is 0 Å². The predicted molar refractivity (Wildman–Crippen MR) is 103 cm³/mol. The molecule has 0 aromatic heterocycles. The van der Waals surface area contributed by atoms with Gasteiger partial charge < -0.3 is 9.47 Å². The number of allylic oxidation sites excluding steroid dienone is 1. The molecule has 0 saturated carbocycles. The van der Waals surface area contributed by atoms with E-state index in [0.717, 1.165) is 11.1 Å². The first-order chi connectivity index (χ1) is 11.5. The van der Waals surface area contributed by atoms with Crippen LogP contribution in [0.25, 0.3) is 6.08 Å². The number of methoxy groups -OCH3 is 2. The summed E-state index contributed by atoms with van der Waals surface area (Å²) < 4.78 is 11.2. The molecular formula is C18H19NO3S2. The number of thiocarbonyl (C=S) groups is 1. The summed E-state index contributed by atoms with van der Waals surface area (Å²) in [5, 5.41) is 0. The van der Waals surface area contributed by atoms with Crippen molar-refractivity contribution < 1.29 is 14.3 Å². The van der Waals surface area contributed by atoms with Gasteiger partial charge in [-0.05, 0) is 18.6 Å². The number of carbonyl (C=O) groups excluding carboxylic acids is 1. The third-order valence-corrected chi connectivity index (χ3v) is 4.92. The van der Waals surface area contributed by atoms with Gasteiger partial charge in [0.15, 0.2) is 11.5 Å². The largest absolute Gasteiger partial charge is 0.493 e. The molecule has 2 rings (SSSR count). The van der Waals surface area contributed by atoms with E-state index >= 15 is 0 Å². The van der Waals surface area contributed by atoms with Crippen LogP contribution in [0.2, 0.25) is 0 Å². The second kappa shape index (κ2) is 8.17. The second-order valence-corrected chi connectivity index (χ2v) is 6.70. The molecule has 24 heavy (non-hydrogen) atoms. The van der Waals surface area contributed by atoms with Crippen LogP contribution < -0.4 is 9.47 Å². The molecule has 1 saturated heterocycles. The zero-order chi connectivity index (χ0) is 17.7. The van der Waals surface area contributed by atoms with Crippen molar-refractivity contribution in [1.82, 2.24) is 4.90 Å². The summed E-state index contributed by atoms with van der Waals surface area (Å²) >= 11 is 6.61. The van der Waals surface area contributed by atoms with E-state index in [-0.39, 0.29) is 5.91 Å². The van der Waals surface area contributed by atoms with E-state index in [9.17, 15) is 4.79 Å². The smallest absolute Gasteiger partial charge is 0.266 e. The Kier molecular flexibility index (Phi) is 6.23. The van der Waals surface area contributed by atoms with E-state index in [4.69, 9.17) is 21.7 Å². The van der Waals surface area contributed by atoms with E-state index in [1.807, 2.05) is 18.2 Å². The molecule has 1 aromatic rings. The Morgan fingerprint density at radius 3 is 2.75 bits per heavy atom. The van der Waals surface area contributed by atoms with Gasteiger partial charge in [-0.3, -0.25) is 9.69 Å². The van der Waals surface area contributed by atoms with Crippen molar-refractivity contribution in [3.05, 3.63) is 53.5 Å². The van der Waals surface area contributed by atoms with Crippen molar-refractivity contribution in [2.45, 2.75) is 6.42 Å². The topological polar surface area (TPSA) is 38.8 Å². The van der Waals surface area contributed by atoms with Gasteiger partial charge in [0.05, 0.1) is 19.1 Å². The molecule has 126 valence electrons. The van der Waals surface area contributed by atoms with Crippen molar-refractivity contribution in [1.29, 1.82) is 0 Å². The Morgan fingerprint density at radius 2 is 2.12 bits per heavy atom. The fraction of sp³-hybridized carbons (Fsp3) is 0.222. The van der Waals surface area contributed by atoms with Crippen LogP contribution in [-0.4, -0.2) is 35.9 Å². The molecule has 4 nitrogen and oxygen atoms in total. The van der Waals surface area contributed by atoms with Crippen LogP contribution in [0.4, 0.5) is 0 Å². The highest BCUT2D eigenvalue weighted by molar-refractivity contribution is 8.26. The molecule has 0 atom stereocenters. The number of rotatable bonds is 7. The van der Waals surface area contributed by atoms with E-state index in [0.29, 0.717) is 33.7 Å². The highest BCUT2D eigenvalue weighted by atomic mass is 32.2. The van der Waals surface area contributed by atoms with Gasteiger partial charge >= 0.3 is 0 Å². The molecule has 1 aliphatic heterocycles. The summed E-state index contributed by atoms with van der Waals surface area (Å²) in [5.74, 6) is 1.10. The van der Waals surface area contributed by atoms with Gasteiger partial charge in [0.25, 0.3) is 5.91 Å². The molecular weight excluding hydrogens is 342 g/mol. The average Bonchev–Trinajstić information content (AvgIpc) is 2.85. The Morgan fingerprint density at radius 1 is 1.38 bits per heavy atom. The molecule has 0 bridgehead atoms. The van der Waals surface area contributed by atoms with Crippen LogP contribution in [0.5, 0.6) is 11.5 Å². The molecule has 0 aliphatic carbocycles. The third kappa shape index (κ3) is 3.88. The van der Waals surface area contributed by atoms with Crippen molar-refractivity contribution in [2.24, 2.45) is 0 Å². The summed E-state index contributed by atoms with van der Waals surface area (Å²) in [5.41, 5.74) is 1.65. The lowest BCUT2D eigenvalue weighted by molar-refractivity contribution is -0.122. The van der Waals surface area contributed by atoms with Crippen LogP contribution in [0.3, 0.4) is 0 Å². The Bertz CT molecular complexity index is 725. The van der Waals surface area contributed by atoms with Gasteiger partial charge in [0, 0.05) is 12.1 Å². The molecule has 0 spiro atoms. The number of para-hydroxylation sites is 1. The van der Waals surface area contributed by atoms with Gasteiger partial charge in [0.1, 0.15) is 4.32 Å². The number of nitrogens with zero attached hydrogens (tertiary/aromatic N) is 1. The summed E-state index contributed by atoms with van der Waals surface area (Å²) in [6.45, 7) is 8.04. The number of hydrogen-bond acceptors (Lipinski definition) is 5. The first-order valence-corrected chi connectivity index (χ1v) is 8.50. The van der Waals surface area contributed by atoms with Gasteiger partial charge in [0.2, 0.25) is 0 Å². The summed E-state index contributed by atoms with van der Waals surface area (Å²) in [6.07, 6.45) is 4.11. The van der Waals surface area contributed by atoms with Crippen LogP contribution in [0.15, 0.2) is 47.9 Å². The van der Waals surface area contributed by atoms with Gasteiger partial charge in [-0.15, -0.1) is 0 Å². The van der Waals surface area contributed by atoms with Gasteiger partial charge in [-0.2, -0.15) is 0 Å². The molecule has 1 amide bonds. The molecule has 6 heteroatoms. The van der Waals surface area contributed by atoms with E-state index in [1.54, 1.807) is 31.3 Å². The number of hydrogen-bond donors (Lipinski definition) is 0. The zero-order valence-electron chi connectivity index (χ0n) is 13.7. The number of carbonyl (C=O) groups is 1. The van der Waals surface area contributed by atoms with Crippen molar-refractivity contribution in [3.63, 3.8) is 0 Å². The average molecular weight is 361 g/mol. The molecule has 0 unspecified atom stereocenters. The first kappa shape index (κ1) is 18.3. The highest BCUT2D eigenvalue weighted by Gasteiger charge is 2.31. The van der Waals surface area contributed by atoms with Crippen LogP contribution in [0, 0.1) is 0 Å². The number of ether oxygens (including phenoxy) is 2. The lowest BCUT2D eigenvalue weighted by Gasteiger charge is -2.14. The Labute approximate surface area is 151 Å². The Balaban J connectivity index is 2.26. The molecule has 1 aliphatic rings. The van der Waals surface area contributed by atoms with Crippen LogP contribution in [0.1, 0.15) is 12.0 Å². The minimum Gasteiger partial charge on any atom is -0.493 e. The quantitative estimate of drug-likeness (QED) is 0.416. The lowest BCUT2D eigenvalue weighted by Crippen LogP contribution is -2.29. The molecule has 1 aromatic carbocycles. The van der Waals surface area contributed by atoms with E-state index in [2.05, 4.69) is 13.2 Å². The minimum absolute atomic E-state index is 0.105. The van der Waals surface area contributed by atoms with Crippen molar-refractivity contribution in [3.8, 4) is 11.5 Å². The molecule has 0 N–H and O–H groups in total. The predicted octanol–water partition coefficient (Wildman–Crippen LogP) is 4.04. The van der Waals surface area contributed by atoms with Crippen LogP contribution >= 0.6 is 24.0 Å². The number of amides is 1. The Hall–Kier alpha value is -2.05. The molecule has 1 fully saturated rings. The highest BCUT2D eigenvalue weighted by Crippen LogP contribution is 2.37. The van der Waals surface area contributed by atoms with Crippen LogP contribution in [-0.2, 0) is 4.79 Å². The fourth-order valence-electron chi connectivity index (χ4n) is 2.22. The molecule has 0 radical (unpaired) electrons. The maximum Gasteiger partial charge on any atom is 0.266 e. The lowest BCUT2D eigenvalue weighted by atomic mass is 10.1. The number of thioether (sulfide) groups is 1. The van der Waals surface area contributed by atoms with E-state index in [1.165, 1.54) is 11.8 Å². The first-order valence-electron chi connectivity index (χ1n) is 7.28. The maximum absolute atomic E-state index is 12.6. The minimum atomic E-state index is -0.105. The van der Waals surface area contributed by atoms with Gasteiger partial charge in [-0.25, -0.2) is 0 Å². The second-order valence-electron chi connectivity index (χ2n) is 5.03. The zero-order valence-corrected chi connectivity index (χ0v) is 15.3.